The molecule has 0 aromatic heterocycles. The van der Waals surface area contributed by atoms with E-state index in [2.05, 4.69) is 24.2 Å². The van der Waals surface area contributed by atoms with E-state index in [-0.39, 0.29) is 0 Å². The summed E-state index contributed by atoms with van der Waals surface area (Å²) in [7, 11) is 2.29. The predicted molar refractivity (Wildman–Crippen MR) is 55.9 cm³/mol. The monoisotopic (exact) mass is 182 g/mol. The summed E-state index contributed by atoms with van der Waals surface area (Å²) in [6.45, 7) is 3.51. The van der Waals surface area contributed by atoms with Gasteiger partial charge in [-0.15, -0.1) is 0 Å². The van der Waals surface area contributed by atoms with Gasteiger partial charge in [0.25, 0.3) is 0 Å². The Hall–Kier alpha value is -0.0800. The molecule has 0 aromatic rings. The van der Waals surface area contributed by atoms with Crippen LogP contribution in [0.1, 0.15) is 39.0 Å². The smallest absolute Gasteiger partial charge is 0.0218 e. The van der Waals surface area contributed by atoms with E-state index in [1.807, 2.05) is 0 Å². The summed E-state index contributed by atoms with van der Waals surface area (Å²) in [5.74, 6) is 0. The van der Waals surface area contributed by atoms with Crippen molar-refractivity contribution in [3.05, 3.63) is 0 Å². The summed E-state index contributed by atoms with van der Waals surface area (Å²) in [6.07, 6.45) is 6.95. The molecule has 13 heavy (non-hydrogen) atoms. The number of hydrogen-bond acceptors (Lipinski definition) is 2. The second-order valence-electron chi connectivity index (χ2n) is 4.64. The maximum atomic E-state index is 3.63. The first-order valence-electron chi connectivity index (χ1n) is 5.76. The normalized spacial score (nSPS) is 25.2. The van der Waals surface area contributed by atoms with Crippen molar-refractivity contribution in [2.45, 2.75) is 57.2 Å². The zero-order valence-corrected chi connectivity index (χ0v) is 8.92. The van der Waals surface area contributed by atoms with E-state index in [4.69, 9.17) is 0 Å². The molecule has 2 aliphatic carbocycles. The lowest BCUT2D eigenvalue weighted by molar-refractivity contribution is 0.219. The van der Waals surface area contributed by atoms with Crippen LogP contribution >= 0.6 is 0 Å². The first-order valence-corrected chi connectivity index (χ1v) is 5.76. The number of rotatable bonds is 6. The van der Waals surface area contributed by atoms with Gasteiger partial charge in [0.15, 0.2) is 0 Å². The Bertz CT molecular complexity index is 161. The van der Waals surface area contributed by atoms with Crippen LogP contribution in [0.5, 0.6) is 0 Å². The molecule has 2 nitrogen and oxygen atoms in total. The maximum Gasteiger partial charge on any atom is 0.0218 e. The lowest BCUT2D eigenvalue weighted by Gasteiger charge is -2.27. The largest absolute Gasteiger partial charge is 0.312 e. The van der Waals surface area contributed by atoms with E-state index in [1.165, 1.54) is 38.6 Å². The molecule has 2 rings (SSSR count). The van der Waals surface area contributed by atoms with Crippen LogP contribution in [-0.2, 0) is 0 Å². The lowest BCUT2D eigenvalue weighted by Crippen LogP contribution is -2.41. The molecule has 0 radical (unpaired) electrons. The average Bonchev–Trinajstić information content (AvgIpc) is 3.00. The highest BCUT2D eigenvalue weighted by Gasteiger charge is 2.31. The summed E-state index contributed by atoms with van der Waals surface area (Å²) in [5.41, 5.74) is 0. The Morgan fingerprint density at radius 3 is 2.46 bits per heavy atom. The quantitative estimate of drug-likeness (QED) is 0.671. The molecular weight excluding hydrogens is 160 g/mol. The number of nitrogens with one attached hydrogen (secondary N) is 1. The third kappa shape index (κ3) is 2.68. The molecule has 0 saturated heterocycles. The summed E-state index contributed by atoms with van der Waals surface area (Å²) >= 11 is 0. The third-order valence-corrected chi connectivity index (χ3v) is 3.39. The molecule has 1 atom stereocenters. The van der Waals surface area contributed by atoms with E-state index in [9.17, 15) is 0 Å². The van der Waals surface area contributed by atoms with Gasteiger partial charge in [-0.2, -0.15) is 0 Å². The lowest BCUT2D eigenvalue weighted by atomic mass is 10.2. The maximum absolute atomic E-state index is 3.63. The second-order valence-corrected chi connectivity index (χ2v) is 4.64. The van der Waals surface area contributed by atoms with Gasteiger partial charge in [0.2, 0.25) is 0 Å². The zero-order chi connectivity index (χ0) is 9.26. The molecule has 1 N–H and O–H groups in total. The molecule has 1 unspecified atom stereocenters. The van der Waals surface area contributed by atoms with Gasteiger partial charge in [-0.3, -0.25) is 4.90 Å². The van der Waals surface area contributed by atoms with E-state index in [0.29, 0.717) is 0 Å². The zero-order valence-electron chi connectivity index (χ0n) is 8.92. The molecule has 2 aliphatic rings. The first-order chi connectivity index (χ1) is 6.31. The Morgan fingerprint density at radius 1 is 1.31 bits per heavy atom. The molecular formula is C11H22N2. The summed E-state index contributed by atoms with van der Waals surface area (Å²) in [6, 6.07) is 2.54. The Kier molecular flexibility index (Phi) is 2.89. The second kappa shape index (κ2) is 3.97. The SMILES string of the molecule is CCC(CNC1CC1)N(C)C1CC1. The van der Waals surface area contributed by atoms with Crippen molar-refractivity contribution in [1.29, 1.82) is 0 Å². The van der Waals surface area contributed by atoms with E-state index >= 15 is 0 Å². The molecule has 0 amide bonds. The fraction of sp³-hybridized carbons (Fsp3) is 1.00. The van der Waals surface area contributed by atoms with E-state index in [0.717, 1.165) is 18.1 Å². The highest BCUT2D eigenvalue weighted by atomic mass is 15.2. The van der Waals surface area contributed by atoms with Crippen molar-refractivity contribution in [2.24, 2.45) is 0 Å². The van der Waals surface area contributed by atoms with Gasteiger partial charge in [-0.05, 0) is 39.2 Å². The summed E-state index contributed by atoms with van der Waals surface area (Å²) < 4.78 is 0. The van der Waals surface area contributed by atoms with Crippen molar-refractivity contribution in [3.8, 4) is 0 Å². The Balaban J connectivity index is 1.70. The van der Waals surface area contributed by atoms with Crippen LogP contribution in [-0.4, -0.2) is 36.6 Å². The molecule has 76 valence electrons. The van der Waals surface area contributed by atoms with Gasteiger partial charge in [0.05, 0.1) is 0 Å². The van der Waals surface area contributed by atoms with E-state index in [1.54, 1.807) is 0 Å². The van der Waals surface area contributed by atoms with Crippen LogP contribution in [0.2, 0.25) is 0 Å². The van der Waals surface area contributed by atoms with Gasteiger partial charge in [-0.1, -0.05) is 6.92 Å². The molecule has 0 heterocycles. The fourth-order valence-corrected chi connectivity index (χ4v) is 1.95. The standard InChI is InChI=1S/C11H22N2/c1-3-10(8-12-9-4-5-9)13(2)11-6-7-11/h9-12H,3-8H2,1-2H3. The molecule has 2 saturated carbocycles. The topological polar surface area (TPSA) is 15.3 Å². The summed E-state index contributed by atoms with van der Waals surface area (Å²) in [5, 5.41) is 3.63. The molecule has 0 spiro atoms. The minimum atomic E-state index is 0.771. The minimum absolute atomic E-state index is 0.771. The minimum Gasteiger partial charge on any atom is -0.312 e. The van der Waals surface area contributed by atoms with Crippen molar-refractivity contribution >= 4 is 0 Å². The van der Waals surface area contributed by atoms with Crippen LogP contribution in [0.15, 0.2) is 0 Å². The summed E-state index contributed by atoms with van der Waals surface area (Å²) in [4.78, 5) is 2.58. The average molecular weight is 182 g/mol. The van der Waals surface area contributed by atoms with Gasteiger partial charge < -0.3 is 5.32 Å². The van der Waals surface area contributed by atoms with Crippen LogP contribution in [0.3, 0.4) is 0 Å². The third-order valence-electron chi connectivity index (χ3n) is 3.39. The highest BCUT2D eigenvalue weighted by Crippen LogP contribution is 2.28. The highest BCUT2D eigenvalue weighted by molar-refractivity contribution is 4.89. The van der Waals surface area contributed by atoms with Crippen molar-refractivity contribution in [2.75, 3.05) is 13.6 Å². The Labute approximate surface area is 81.7 Å². The number of likely N-dealkylation sites (N-methyl/N-ethyl adjacent to an activating group) is 1. The number of hydrogen-bond donors (Lipinski definition) is 1. The first kappa shape index (κ1) is 9.47. The molecule has 0 aromatic carbocycles. The van der Waals surface area contributed by atoms with Crippen LogP contribution in [0.4, 0.5) is 0 Å². The number of nitrogens with zero attached hydrogens (tertiary/aromatic N) is 1. The van der Waals surface area contributed by atoms with Crippen LogP contribution < -0.4 is 5.32 Å². The molecule has 2 heteroatoms. The molecule has 0 bridgehead atoms. The van der Waals surface area contributed by atoms with Crippen LogP contribution in [0.25, 0.3) is 0 Å². The predicted octanol–water partition coefficient (Wildman–Crippen LogP) is 1.61. The fourth-order valence-electron chi connectivity index (χ4n) is 1.95. The Morgan fingerprint density at radius 2 is 2.00 bits per heavy atom. The van der Waals surface area contributed by atoms with Gasteiger partial charge in [-0.25, -0.2) is 0 Å². The van der Waals surface area contributed by atoms with E-state index < -0.39 is 0 Å². The van der Waals surface area contributed by atoms with Gasteiger partial charge >= 0.3 is 0 Å². The van der Waals surface area contributed by atoms with Crippen molar-refractivity contribution in [1.82, 2.24) is 10.2 Å². The van der Waals surface area contributed by atoms with Crippen LogP contribution in [0, 0.1) is 0 Å². The molecule has 2 fully saturated rings. The van der Waals surface area contributed by atoms with Gasteiger partial charge in [0, 0.05) is 24.7 Å². The molecule has 0 aliphatic heterocycles. The van der Waals surface area contributed by atoms with Gasteiger partial charge in [0.1, 0.15) is 0 Å². The van der Waals surface area contributed by atoms with Crippen molar-refractivity contribution in [3.63, 3.8) is 0 Å². The van der Waals surface area contributed by atoms with Crippen molar-refractivity contribution < 1.29 is 0 Å².